The predicted octanol–water partition coefficient (Wildman–Crippen LogP) is 0.565. The second-order valence-electron chi connectivity index (χ2n) is 2.28. The third-order valence-electron chi connectivity index (χ3n) is 0.503. The van der Waals surface area contributed by atoms with Crippen molar-refractivity contribution in [2.75, 3.05) is 19.9 Å². The van der Waals surface area contributed by atoms with Crippen LogP contribution >= 0.6 is 7.28 Å². The first kappa shape index (κ1) is 8.31. The van der Waals surface area contributed by atoms with Crippen LogP contribution < -0.4 is 0 Å². The van der Waals surface area contributed by atoms with Crippen molar-refractivity contribution in [1.29, 1.82) is 0 Å². The molecule has 0 bridgehead atoms. The molecule has 0 aromatic heterocycles. The van der Waals surface area contributed by atoms with Crippen molar-refractivity contribution in [3.8, 4) is 0 Å². The molecule has 0 aliphatic carbocycles. The van der Waals surface area contributed by atoms with E-state index in [1.54, 1.807) is 6.92 Å². The monoisotopic (exact) mass is 140 g/mol. The molecule has 0 saturated heterocycles. The molecule has 0 aliphatic rings. The first-order valence-corrected chi connectivity index (χ1v) is 5.43. The summed E-state index contributed by atoms with van der Waals surface area (Å²) >= 11 is 0. The van der Waals surface area contributed by atoms with E-state index in [4.69, 9.17) is 9.79 Å². The minimum absolute atomic E-state index is 0.345. The minimum atomic E-state index is -3.60. The van der Waals surface area contributed by atoms with E-state index in [1.807, 2.05) is 0 Å². The Bertz CT molecular complexity index is 73.8. The summed E-state index contributed by atoms with van der Waals surface area (Å²) in [5.41, 5.74) is 0. The summed E-state index contributed by atoms with van der Waals surface area (Å²) < 4.78 is 4.66. The Hall–Kier alpha value is 0.310. The van der Waals surface area contributed by atoms with Crippen LogP contribution in [0.5, 0.6) is 0 Å². The van der Waals surface area contributed by atoms with E-state index in [9.17, 15) is 0 Å². The van der Waals surface area contributed by atoms with Gasteiger partial charge in [-0.3, -0.25) is 0 Å². The van der Waals surface area contributed by atoms with Crippen LogP contribution in [0.25, 0.3) is 0 Å². The predicted molar refractivity (Wildman–Crippen MR) is 34.8 cm³/mol. The molecule has 0 saturated carbocycles. The fraction of sp³-hybridized carbons (Fsp3) is 1.00. The zero-order chi connectivity index (χ0) is 6.86. The van der Waals surface area contributed by atoms with Crippen LogP contribution in [0.3, 0.4) is 0 Å². The van der Waals surface area contributed by atoms with E-state index in [1.165, 1.54) is 13.3 Å². The second-order valence-corrected chi connectivity index (χ2v) is 6.27. The van der Waals surface area contributed by atoms with Gasteiger partial charge in [0, 0.05) is 0 Å². The van der Waals surface area contributed by atoms with Crippen molar-refractivity contribution in [2.45, 2.75) is 6.92 Å². The average Bonchev–Trinajstić information content (AvgIpc) is 1.25. The van der Waals surface area contributed by atoms with Gasteiger partial charge in [0.1, 0.15) is 0 Å². The van der Waals surface area contributed by atoms with Gasteiger partial charge in [-0.25, -0.2) is 0 Å². The van der Waals surface area contributed by atoms with Gasteiger partial charge in [0.15, 0.2) is 0 Å². The standard InChI is InChI=1S/C4H13O3P/c1-4-7-8(2,3,5)6/h5-6H,4H2,1-3H3. The van der Waals surface area contributed by atoms with Crippen LogP contribution in [0, 0.1) is 0 Å². The van der Waals surface area contributed by atoms with Gasteiger partial charge in [0.2, 0.25) is 0 Å². The van der Waals surface area contributed by atoms with Gasteiger partial charge in [-0.1, -0.05) is 0 Å². The molecule has 4 heteroatoms. The summed E-state index contributed by atoms with van der Waals surface area (Å²) in [6.07, 6.45) is 0. The third-order valence-corrected chi connectivity index (χ3v) is 1.51. The molecule has 0 radical (unpaired) electrons. The molecule has 0 atom stereocenters. The van der Waals surface area contributed by atoms with Gasteiger partial charge < -0.3 is 0 Å². The molecule has 0 aromatic rings. The molecule has 0 rings (SSSR count). The van der Waals surface area contributed by atoms with Gasteiger partial charge in [-0.15, -0.1) is 0 Å². The normalized spacial score (nSPS) is 17.4. The van der Waals surface area contributed by atoms with Crippen LogP contribution in [0.1, 0.15) is 6.92 Å². The van der Waals surface area contributed by atoms with E-state index in [2.05, 4.69) is 4.52 Å². The molecule has 2 N–H and O–H groups in total. The van der Waals surface area contributed by atoms with Crippen molar-refractivity contribution in [1.82, 2.24) is 0 Å². The Labute approximate surface area is 49.5 Å². The summed E-state index contributed by atoms with van der Waals surface area (Å²) in [7, 11) is -3.60. The molecule has 0 fully saturated rings. The molecule has 3 nitrogen and oxygen atoms in total. The molecule has 0 amide bonds. The van der Waals surface area contributed by atoms with Crippen molar-refractivity contribution < 1.29 is 14.3 Å². The molecular formula is C4H13O3P. The summed E-state index contributed by atoms with van der Waals surface area (Å²) in [4.78, 5) is 17.9. The van der Waals surface area contributed by atoms with E-state index < -0.39 is 7.28 Å². The van der Waals surface area contributed by atoms with Crippen LogP contribution in [0.15, 0.2) is 0 Å². The fourth-order valence-corrected chi connectivity index (χ4v) is 1.12. The molecule has 0 aromatic carbocycles. The number of hydrogen-bond donors (Lipinski definition) is 2. The van der Waals surface area contributed by atoms with Crippen LogP contribution in [-0.2, 0) is 4.52 Å². The maximum absolute atomic E-state index is 8.95. The Morgan fingerprint density at radius 1 is 1.38 bits per heavy atom. The van der Waals surface area contributed by atoms with Crippen LogP contribution in [0.2, 0.25) is 0 Å². The summed E-state index contributed by atoms with van der Waals surface area (Å²) in [6.45, 7) is 4.70. The van der Waals surface area contributed by atoms with Crippen molar-refractivity contribution in [3.63, 3.8) is 0 Å². The third kappa shape index (κ3) is 6.31. The molecule has 0 unspecified atom stereocenters. The van der Waals surface area contributed by atoms with Crippen LogP contribution in [-0.4, -0.2) is 29.7 Å². The molecular weight excluding hydrogens is 127 g/mol. The van der Waals surface area contributed by atoms with Gasteiger partial charge in [0.05, 0.1) is 0 Å². The summed E-state index contributed by atoms with van der Waals surface area (Å²) in [5, 5.41) is 0. The molecule has 0 heterocycles. The molecule has 0 aliphatic heterocycles. The Morgan fingerprint density at radius 2 is 1.75 bits per heavy atom. The van der Waals surface area contributed by atoms with E-state index in [0.29, 0.717) is 6.61 Å². The number of rotatable bonds is 2. The summed E-state index contributed by atoms with van der Waals surface area (Å²) in [6, 6.07) is 0. The van der Waals surface area contributed by atoms with E-state index in [-0.39, 0.29) is 0 Å². The van der Waals surface area contributed by atoms with Gasteiger partial charge in [-0.05, 0) is 0 Å². The topological polar surface area (TPSA) is 49.7 Å². The Kier molecular flexibility index (Phi) is 2.00. The van der Waals surface area contributed by atoms with Crippen molar-refractivity contribution in [2.24, 2.45) is 0 Å². The SMILES string of the molecule is CCOP(C)(C)(O)O. The molecule has 8 heavy (non-hydrogen) atoms. The molecule has 52 valence electrons. The second kappa shape index (κ2) is 1.92. The number of hydrogen-bond acceptors (Lipinski definition) is 3. The Balaban J connectivity index is 3.73. The first-order chi connectivity index (χ1) is 3.31. The zero-order valence-electron chi connectivity index (χ0n) is 5.46. The van der Waals surface area contributed by atoms with Crippen LogP contribution in [0.4, 0.5) is 0 Å². The van der Waals surface area contributed by atoms with Gasteiger partial charge in [-0.2, -0.15) is 0 Å². The van der Waals surface area contributed by atoms with E-state index in [0.717, 1.165) is 0 Å². The van der Waals surface area contributed by atoms with E-state index >= 15 is 0 Å². The van der Waals surface area contributed by atoms with Crippen molar-refractivity contribution in [3.05, 3.63) is 0 Å². The maximum atomic E-state index is 8.95. The van der Waals surface area contributed by atoms with Gasteiger partial charge >= 0.3 is 48.5 Å². The van der Waals surface area contributed by atoms with Crippen molar-refractivity contribution >= 4 is 7.28 Å². The molecule has 0 spiro atoms. The van der Waals surface area contributed by atoms with Gasteiger partial charge in [0.25, 0.3) is 0 Å². The summed E-state index contributed by atoms with van der Waals surface area (Å²) in [5.74, 6) is 0. The zero-order valence-corrected chi connectivity index (χ0v) is 6.35. The average molecular weight is 140 g/mol. The quantitative estimate of drug-likeness (QED) is 0.551. The Morgan fingerprint density at radius 3 is 1.75 bits per heavy atom. The first-order valence-electron chi connectivity index (χ1n) is 2.47. The fourth-order valence-electron chi connectivity index (χ4n) is 0.374.